The molecule has 2 rings (SSSR count). The second-order valence-corrected chi connectivity index (χ2v) is 7.12. The predicted molar refractivity (Wildman–Crippen MR) is 104 cm³/mol. The predicted octanol–water partition coefficient (Wildman–Crippen LogP) is 3.57. The van der Waals surface area contributed by atoms with E-state index in [0.29, 0.717) is 17.7 Å². The highest BCUT2D eigenvalue weighted by Crippen LogP contribution is 2.12. The molecule has 0 aliphatic rings. The monoisotopic (exact) mass is 368 g/mol. The molecule has 1 unspecified atom stereocenters. The van der Waals surface area contributed by atoms with Gasteiger partial charge in [-0.2, -0.15) is 0 Å². The molecule has 0 radical (unpaired) electrons. The summed E-state index contributed by atoms with van der Waals surface area (Å²) < 4.78 is 5.27. The van der Waals surface area contributed by atoms with Crippen molar-refractivity contribution in [1.82, 2.24) is 5.32 Å². The van der Waals surface area contributed by atoms with Crippen molar-refractivity contribution in [3.8, 4) is 0 Å². The van der Waals surface area contributed by atoms with E-state index in [1.54, 1.807) is 45.0 Å². The molecule has 2 amide bonds. The van der Waals surface area contributed by atoms with E-state index in [0.717, 1.165) is 11.8 Å². The fourth-order valence-electron chi connectivity index (χ4n) is 2.38. The third-order valence-corrected chi connectivity index (χ3v) is 3.60. The lowest BCUT2D eigenvalue weighted by molar-refractivity contribution is -0.118. The SMILES string of the molecule is CC(C)(C)OC(=O)NC(Cc1ccccc1)C(=O)Nc1ccc(C=O)cc1. The number of alkyl carbamates (subject to hydrolysis) is 1. The maximum atomic E-state index is 12.7. The lowest BCUT2D eigenvalue weighted by atomic mass is 10.1. The molecule has 0 aliphatic heterocycles. The van der Waals surface area contributed by atoms with Gasteiger partial charge in [-0.25, -0.2) is 4.79 Å². The van der Waals surface area contributed by atoms with Crippen LogP contribution >= 0.6 is 0 Å². The Labute approximate surface area is 158 Å². The topological polar surface area (TPSA) is 84.5 Å². The van der Waals surface area contributed by atoms with Crippen LogP contribution in [0.4, 0.5) is 10.5 Å². The van der Waals surface area contributed by atoms with Gasteiger partial charge in [0, 0.05) is 17.7 Å². The number of benzene rings is 2. The molecule has 0 heterocycles. The van der Waals surface area contributed by atoms with E-state index in [4.69, 9.17) is 4.74 Å². The Bertz CT molecular complexity index is 780. The van der Waals surface area contributed by atoms with Crippen molar-refractivity contribution in [2.45, 2.75) is 38.8 Å². The highest BCUT2D eigenvalue weighted by Gasteiger charge is 2.24. The van der Waals surface area contributed by atoms with Gasteiger partial charge in [0.15, 0.2) is 0 Å². The van der Waals surface area contributed by atoms with E-state index in [1.807, 2.05) is 30.3 Å². The van der Waals surface area contributed by atoms with E-state index >= 15 is 0 Å². The normalized spacial score (nSPS) is 12.0. The average molecular weight is 368 g/mol. The lowest BCUT2D eigenvalue weighted by Crippen LogP contribution is -2.47. The van der Waals surface area contributed by atoms with Crippen molar-refractivity contribution in [1.29, 1.82) is 0 Å². The lowest BCUT2D eigenvalue weighted by Gasteiger charge is -2.23. The van der Waals surface area contributed by atoms with Crippen molar-refractivity contribution >= 4 is 24.0 Å². The van der Waals surface area contributed by atoms with Gasteiger partial charge in [0.2, 0.25) is 5.91 Å². The molecule has 0 spiro atoms. The smallest absolute Gasteiger partial charge is 0.408 e. The van der Waals surface area contributed by atoms with Crippen molar-refractivity contribution in [2.75, 3.05) is 5.32 Å². The van der Waals surface area contributed by atoms with Gasteiger partial charge in [-0.3, -0.25) is 9.59 Å². The van der Waals surface area contributed by atoms with Crippen LogP contribution in [-0.4, -0.2) is 29.9 Å². The minimum Gasteiger partial charge on any atom is -0.444 e. The quantitative estimate of drug-likeness (QED) is 0.764. The van der Waals surface area contributed by atoms with Crippen molar-refractivity contribution in [2.24, 2.45) is 0 Å². The molecule has 2 N–H and O–H groups in total. The number of anilines is 1. The average Bonchev–Trinajstić information content (AvgIpc) is 2.61. The first kappa shape index (κ1) is 20.2. The van der Waals surface area contributed by atoms with Crippen molar-refractivity contribution < 1.29 is 19.1 Å². The number of aldehydes is 1. The second kappa shape index (κ2) is 8.98. The second-order valence-electron chi connectivity index (χ2n) is 7.12. The summed E-state index contributed by atoms with van der Waals surface area (Å²) in [5.41, 5.74) is 1.29. The molecule has 2 aromatic carbocycles. The zero-order valence-corrected chi connectivity index (χ0v) is 15.7. The van der Waals surface area contributed by atoms with Gasteiger partial charge in [-0.05, 0) is 50.6 Å². The zero-order valence-electron chi connectivity index (χ0n) is 15.7. The van der Waals surface area contributed by atoms with Gasteiger partial charge in [0.25, 0.3) is 0 Å². The summed E-state index contributed by atoms with van der Waals surface area (Å²) >= 11 is 0. The number of carbonyl (C=O) groups is 3. The number of ether oxygens (including phenoxy) is 1. The maximum absolute atomic E-state index is 12.7. The minimum absolute atomic E-state index is 0.318. The molecule has 0 fully saturated rings. The minimum atomic E-state index is -0.812. The van der Waals surface area contributed by atoms with Crippen LogP contribution in [0.1, 0.15) is 36.7 Å². The number of rotatable bonds is 6. The molecule has 0 saturated heterocycles. The molecule has 6 heteroatoms. The number of hydrogen-bond donors (Lipinski definition) is 2. The van der Waals surface area contributed by atoms with Gasteiger partial charge < -0.3 is 15.4 Å². The van der Waals surface area contributed by atoms with E-state index in [1.165, 1.54) is 0 Å². The molecule has 27 heavy (non-hydrogen) atoms. The van der Waals surface area contributed by atoms with Crippen LogP contribution in [0.25, 0.3) is 0 Å². The van der Waals surface area contributed by atoms with E-state index in [2.05, 4.69) is 10.6 Å². The standard InChI is InChI=1S/C21H24N2O4/c1-21(2,3)27-20(26)23-18(13-15-7-5-4-6-8-15)19(25)22-17-11-9-16(14-24)10-12-17/h4-12,14,18H,13H2,1-3H3,(H,22,25)(H,23,26). The molecule has 2 aromatic rings. The van der Waals surface area contributed by atoms with Crippen molar-refractivity contribution in [3.05, 3.63) is 65.7 Å². The number of nitrogens with one attached hydrogen (secondary N) is 2. The summed E-state index contributed by atoms with van der Waals surface area (Å²) in [7, 11) is 0. The van der Waals surface area contributed by atoms with Crippen LogP contribution in [0.15, 0.2) is 54.6 Å². The summed E-state index contributed by atoms with van der Waals surface area (Å²) in [5.74, 6) is -0.372. The Hall–Kier alpha value is -3.15. The Kier molecular flexibility index (Phi) is 6.71. The van der Waals surface area contributed by atoms with Crippen LogP contribution in [0, 0.1) is 0 Å². The summed E-state index contributed by atoms with van der Waals surface area (Å²) in [6, 6.07) is 15.1. The van der Waals surface area contributed by atoms with Crippen molar-refractivity contribution in [3.63, 3.8) is 0 Å². The highest BCUT2D eigenvalue weighted by atomic mass is 16.6. The molecule has 0 aliphatic carbocycles. The highest BCUT2D eigenvalue weighted by molar-refractivity contribution is 5.97. The molecule has 1 atom stereocenters. The van der Waals surface area contributed by atoms with Crippen LogP contribution < -0.4 is 10.6 Å². The molecular formula is C21H24N2O4. The van der Waals surface area contributed by atoms with Gasteiger partial charge in [-0.15, -0.1) is 0 Å². The molecule has 6 nitrogen and oxygen atoms in total. The summed E-state index contributed by atoms with van der Waals surface area (Å²) in [6.07, 6.45) is 0.390. The summed E-state index contributed by atoms with van der Waals surface area (Å²) in [5, 5.41) is 5.39. The molecule has 0 bridgehead atoms. The number of hydrogen-bond acceptors (Lipinski definition) is 4. The molecule has 142 valence electrons. The van der Waals surface area contributed by atoms with Gasteiger partial charge in [0.05, 0.1) is 0 Å². The van der Waals surface area contributed by atoms with Gasteiger partial charge in [-0.1, -0.05) is 30.3 Å². The maximum Gasteiger partial charge on any atom is 0.408 e. The number of carbonyl (C=O) groups excluding carboxylic acids is 3. The molecule has 0 aromatic heterocycles. The van der Waals surface area contributed by atoms with Gasteiger partial charge >= 0.3 is 6.09 Å². The van der Waals surface area contributed by atoms with E-state index in [9.17, 15) is 14.4 Å². The Balaban J connectivity index is 2.12. The first-order valence-electron chi connectivity index (χ1n) is 8.66. The third-order valence-electron chi connectivity index (χ3n) is 3.60. The fourth-order valence-corrected chi connectivity index (χ4v) is 2.38. The van der Waals surface area contributed by atoms with Crippen LogP contribution in [-0.2, 0) is 16.0 Å². The van der Waals surface area contributed by atoms with E-state index < -0.39 is 17.7 Å². The largest absolute Gasteiger partial charge is 0.444 e. The Morgan fingerprint density at radius 2 is 1.67 bits per heavy atom. The zero-order chi connectivity index (χ0) is 19.9. The molecule has 0 saturated carbocycles. The van der Waals surface area contributed by atoms with Crippen LogP contribution in [0.5, 0.6) is 0 Å². The van der Waals surface area contributed by atoms with E-state index in [-0.39, 0.29) is 5.91 Å². The third kappa shape index (κ3) is 6.93. The first-order chi connectivity index (χ1) is 12.8. The molecular weight excluding hydrogens is 344 g/mol. The Morgan fingerprint density at radius 1 is 1.04 bits per heavy atom. The van der Waals surface area contributed by atoms with Gasteiger partial charge in [0.1, 0.15) is 17.9 Å². The summed E-state index contributed by atoms with van der Waals surface area (Å²) in [4.78, 5) is 35.6. The summed E-state index contributed by atoms with van der Waals surface area (Å²) in [6.45, 7) is 5.27. The van der Waals surface area contributed by atoms with Crippen LogP contribution in [0.2, 0.25) is 0 Å². The number of amides is 2. The fraction of sp³-hybridized carbons (Fsp3) is 0.286. The van der Waals surface area contributed by atoms with Crippen LogP contribution in [0.3, 0.4) is 0 Å². The Morgan fingerprint density at radius 3 is 2.22 bits per heavy atom. The first-order valence-corrected chi connectivity index (χ1v) is 8.66.